The summed E-state index contributed by atoms with van der Waals surface area (Å²) in [5.41, 5.74) is 6.10. The van der Waals surface area contributed by atoms with Crippen molar-refractivity contribution in [1.82, 2.24) is 4.90 Å². The van der Waals surface area contributed by atoms with Crippen molar-refractivity contribution in [2.75, 3.05) is 13.1 Å². The number of rotatable bonds is 5. The lowest BCUT2D eigenvalue weighted by Gasteiger charge is -2.35. The predicted molar refractivity (Wildman–Crippen MR) is 79.8 cm³/mol. The Hall–Kier alpha value is -1.95. The standard InChI is InChI=1S/C15H21N3O3/c16-9-8-13-6-3-4-10-17(13)15(19)11-12-5-1-2-7-14(12)18(20)21/h1-2,5,7,13H,3-4,6,8-11,16H2. The Morgan fingerprint density at radius 2 is 2.14 bits per heavy atom. The number of benzene rings is 1. The first kappa shape index (κ1) is 15.4. The average molecular weight is 291 g/mol. The summed E-state index contributed by atoms with van der Waals surface area (Å²) in [7, 11) is 0. The molecule has 0 saturated carbocycles. The van der Waals surface area contributed by atoms with Crippen LogP contribution in [0.1, 0.15) is 31.2 Å². The second-order valence-electron chi connectivity index (χ2n) is 5.38. The minimum absolute atomic E-state index is 0.0123. The fourth-order valence-electron chi connectivity index (χ4n) is 2.92. The summed E-state index contributed by atoms with van der Waals surface area (Å²) in [6.45, 7) is 1.28. The van der Waals surface area contributed by atoms with Gasteiger partial charge >= 0.3 is 0 Å². The summed E-state index contributed by atoms with van der Waals surface area (Å²) in [5, 5.41) is 11.0. The van der Waals surface area contributed by atoms with Gasteiger partial charge in [0, 0.05) is 24.2 Å². The maximum atomic E-state index is 12.5. The number of hydrogen-bond donors (Lipinski definition) is 1. The molecule has 1 heterocycles. The molecule has 1 aliphatic heterocycles. The van der Waals surface area contributed by atoms with Crippen molar-refractivity contribution in [3.05, 3.63) is 39.9 Å². The van der Waals surface area contributed by atoms with Crippen LogP contribution in [0.25, 0.3) is 0 Å². The molecule has 2 N–H and O–H groups in total. The summed E-state index contributed by atoms with van der Waals surface area (Å²) >= 11 is 0. The number of amides is 1. The molecule has 1 aromatic rings. The molecule has 0 aliphatic carbocycles. The second-order valence-corrected chi connectivity index (χ2v) is 5.38. The van der Waals surface area contributed by atoms with Gasteiger partial charge in [-0.15, -0.1) is 0 Å². The quantitative estimate of drug-likeness (QED) is 0.662. The zero-order valence-corrected chi connectivity index (χ0v) is 12.0. The van der Waals surface area contributed by atoms with Crippen molar-refractivity contribution >= 4 is 11.6 Å². The van der Waals surface area contributed by atoms with Gasteiger partial charge in [0.1, 0.15) is 0 Å². The first-order chi connectivity index (χ1) is 10.1. The molecule has 1 atom stereocenters. The summed E-state index contributed by atoms with van der Waals surface area (Å²) in [6.07, 6.45) is 3.95. The number of nitrogens with two attached hydrogens (primary N) is 1. The third kappa shape index (κ3) is 3.78. The lowest BCUT2D eigenvalue weighted by atomic mass is 9.98. The maximum Gasteiger partial charge on any atom is 0.273 e. The predicted octanol–water partition coefficient (Wildman–Crippen LogP) is 1.87. The van der Waals surface area contributed by atoms with E-state index < -0.39 is 4.92 Å². The van der Waals surface area contributed by atoms with E-state index in [0.717, 1.165) is 32.2 Å². The molecule has 0 radical (unpaired) electrons. The number of carbonyl (C=O) groups is 1. The van der Waals surface area contributed by atoms with Crippen molar-refractivity contribution in [3.8, 4) is 0 Å². The van der Waals surface area contributed by atoms with Crippen LogP contribution in [0, 0.1) is 10.1 Å². The van der Waals surface area contributed by atoms with Gasteiger partial charge in [0.15, 0.2) is 0 Å². The molecule has 0 aromatic heterocycles. The molecule has 1 fully saturated rings. The molecule has 0 bridgehead atoms. The van der Waals surface area contributed by atoms with Crippen LogP contribution in [-0.2, 0) is 11.2 Å². The highest BCUT2D eigenvalue weighted by Crippen LogP contribution is 2.23. The Bertz CT molecular complexity index is 517. The number of para-hydroxylation sites is 1. The van der Waals surface area contributed by atoms with Gasteiger partial charge in [0.2, 0.25) is 5.91 Å². The van der Waals surface area contributed by atoms with Crippen molar-refractivity contribution in [2.24, 2.45) is 5.73 Å². The lowest BCUT2D eigenvalue weighted by molar-refractivity contribution is -0.385. The molecule has 1 unspecified atom stereocenters. The third-order valence-corrected chi connectivity index (χ3v) is 3.98. The maximum absolute atomic E-state index is 12.5. The Balaban J connectivity index is 2.11. The molecule has 1 aromatic carbocycles. The fraction of sp³-hybridized carbons (Fsp3) is 0.533. The van der Waals surface area contributed by atoms with Crippen molar-refractivity contribution in [2.45, 2.75) is 38.1 Å². The van der Waals surface area contributed by atoms with E-state index in [1.165, 1.54) is 6.07 Å². The molecule has 1 amide bonds. The van der Waals surface area contributed by atoms with Gasteiger partial charge in [-0.3, -0.25) is 14.9 Å². The second kappa shape index (κ2) is 7.17. The van der Waals surface area contributed by atoms with Crippen LogP contribution < -0.4 is 5.73 Å². The Morgan fingerprint density at radius 1 is 1.38 bits per heavy atom. The number of nitro groups is 1. The molecule has 2 rings (SSSR count). The van der Waals surface area contributed by atoms with Crippen LogP contribution in [0.3, 0.4) is 0 Å². The van der Waals surface area contributed by atoms with Crippen molar-refractivity contribution in [1.29, 1.82) is 0 Å². The fourth-order valence-corrected chi connectivity index (χ4v) is 2.92. The van der Waals surface area contributed by atoms with E-state index >= 15 is 0 Å². The minimum Gasteiger partial charge on any atom is -0.339 e. The smallest absolute Gasteiger partial charge is 0.273 e. The van der Waals surface area contributed by atoms with Gasteiger partial charge < -0.3 is 10.6 Å². The summed E-state index contributed by atoms with van der Waals surface area (Å²) < 4.78 is 0. The minimum atomic E-state index is -0.434. The normalized spacial score (nSPS) is 18.5. The van der Waals surface area contributed by atoms with Gasteiger partial charge in [0.25, 0.3) is 5.69 Å². The van der Waals surface area contributed by atoms with E-state index in [9.17, 15) is 14.9 Å². The molecule has 1 aliphatic rings. The lowest BCUT2D eigenvalue weighted by Crippen LogP contribution is -2.45. The zero-order valence-electron chi connectivity index (χ0n) is 12.0. The summed E-state index contributed by atoms with van der Waals surface area (Å²) in [4.78, 5) is 24.9. The largest absolute Gasteiger partial charge is 0.339 e. The first-order valence-electron chi connectivity index (χ1n) is 7.35. The third-order valence-electron chi connectivity index (χ3n) is 3.98. The number of carbonyl (C=O) groups excluding carboxylic acids is 1. The van der Waals surface area contributed by atoms with E-state index in [-0.39, 0.29) is 24.1 Å². The Morgan fingerprint density at radius 3 is 2.86 bits per heavy atom. The molecular weight excluding hydrogens is 270 g/mol. The van der Waals surface area contributed by atoms with E-state index in [0.29, 0.717) is 12.1 Å². The topological polar surface area (TPSA) is 89.5 Å². The number of nitrogens with zero attached hydrogens (tertiary/aromatic N) is 2. The van der Waals surface area contributed by atoms with E-state index in [1.54, 1.807) is 18.2 Å². The number of nitro benzene ring substituents is 1. The van der Waals surface area contributed by atoms with Crippen LogP contribution in [0.5, 0.6) is 0 Å². The van der Waals surface area contributed by atoms with Gasteiger partial charge in [-0.25, -0.2) is 0 Å². The summed E-state index contributed by atoms with van der Waals surface area (Å²) in [5.74, 6) is -0.0394. The highest BCUT2D eigenvalue weighted by Gasteiger charge is 2.27. The van der Waals surface area contributed by atoms with E-state index in [2.05, 4.69) is 0 Å². The highest BCUT2D eigenvalue weighted by atomic mass is 16.6. The van der Waals surface area contributed by atoms with Gasteiger partial charge in [-0.1, -0.05) is 18.2 Å². The number of hydrogen-bond acceptors (Lipinski definition) is 4. The molecule has 1 saturated heterocycles. The monoisotopic (exact) mass is 291 g/mol. The van der Waals surface area contributed by atoms with Crippen LogP contribution >= 0.6 is 0 Å². The van der Waals surface area contributed by atoms with Crippen LogP contribution in [0.2, 0.25) is 0 Å². The highest BCUT2D eigenvalue weighted by molar-refractivity contribution is 5.80. The number of likely N-dealkylation sites (tertiary alicyclic amines) is 1. The average Bonchev–Trinajstić information content (AvgIpc) is 2.48. The Kier molecular flexibility index (Phi) is 5.27. The van der Waals surface area contributed by atoms with Crippen molar-refractivity contribution < 1.29 is 9.72 Å². The van der Waals surface area contributed by atoms with Gasteiger partial charge in [-0.05, 0) is 32.2 Å². The van der Waals surface area contributed by atoms with E-state index in [4.69, 9.17) is 5.73 Å². The molecule has 6 nitrogen and oxygen atoms in total. The molecule has 6 heteroatoms. The molecule has 114 valence electrons. The van der Waals surface area contributed by atoms with Gasteiger partial charge in [-0.2, -0.15) is 0 Å². The molecule has 21 heavy (non-hydrogen) atoms. The van der Waals surface area contributed by atoms with Crippen molar-refractivity contribution in [3.63, 3.8) is 0 Å². The van der Waals surface area contributed by atoms with Gasteiger partial charge in [0.05, 0.1) is 11.3 Å². The van der Waals surface area contributed by atoms with E-state index in [1.807, 2.05) is 4.90 Å². The Labute approximate surface area is 124 Å². The van der Waals surface area contributed by atoms with Crippen LogP contribution in [0.15, 0.2) is 24.3 Å². The van der Waals surface area contributed by atoms with Crippen LogP contribution in [-0.4, -0.2) is 34.9 Å². The zero-order chi connectivity index (χ0) is 15.2. The SMILES string of the molecule is NCCC1CCCCN1C(=O)Cc1ccccc1[N+](=O)[O-]. The van der Waals surface area contributed by atoms with Crippen LogP contribution in [0.4, 0.5) is 5.69 Å². The summed E-state index contributed by atoms with van der Waals surface area (Å²) in [6, 6.07) is 6.61. The first-order valence-corrected chi connectivity index (χ1v) is 7.35. The molecule has 0 spiro atoms. The number of piperidine rings is 1. The molecular formula is C15H21N3O3.